The number of para-hydroxylation sites is 1. The van der Waals surface area contributed by atoms with E-state index in [1.165, 1.54) is 0 Å². The Labute approximate surface area is 75.5 Å². The Morgan fingerprint density at radius 2 is 2.08 bits per heavy atom. The molecule has 0 aliphatic heterocycles. The molecule has 0 unspecified atom stereocenters. The Kier molecular flexibility index (Phi) is 1.73. The summed E-state index contributed by atoms with van der Waals surface area (Å²) in [5.41, 5.74) is 0.697. The summed E-state index contributed by atoms with van der Waals surface area (Å²) < 4.78 is 1.76. The summed E-state index contributed by atoms with van der Waals surface area (Å²) in [5.74, 6) is 0.886. The third kappa shape index (κ3) is 1.26. The molecule has 0 spiro atoms. The summed E-state index contributed by atoms with van der Waals surface area (Å²) in [6, 6.07) is 7.06. The van der Waals surface area contributed by atoms with Gasteiger partial charge in [0.25, 0.3) is 0 Å². The maximum absolute atomic E-state index is 9.53. The van der Waals surface area contributed by atoms with Crippen molar-refractivity contribution in [3.8, 4) is 17.1 Å². The Hall–Kier alpha value is -1.84. The number of phenolic OH excluding ortho intramolecular Hbond substituents is 1. The van der Waals surface area contributed by atoms with E-state index < -0.39 is 0 Å². The lowest BCUT2D eigenvalue weighted by atomic mass is 10.2. The monoisotopic (exact) mass is 175 g/mol. The average molecular weight is 175 g/mol. The van der Waals surface area contributed by atoms with Crippen molar-refractivity contribution in [2.45, 2.75) is 0 Å². The fourth-order valence-electron chi connectivity index (χ4n) is 1.19. The molecule has 0 fully saturated rings. The van der Waals surface area contributed by atoms with Crippen LogP contribution in [-0.4, -0.2) is 19.9 Å². The van der Waals surface area contributed by atoms with Crippen molar-refractivity contribution >= 4 is 0 Å². The van der Waals surface area contributed by atoms with E-state index in [0.717, 1.165) is 0 Å². The zero-order chi connectivity index (χ0) is 9.26. The van der Waals surface area contributed by atoms with Crippen LogP contribution in [0.5, 0.6) is 5.75 Å². The molecule has 1 heterocycles. The van der Waals surface area contributed by atoms with Crippen molar-refractivity contribution < 1.29 is 5.11 Å². The fraction of sp³-hybridized carbons (Fsp3) is 0.111. The van der Waals surface area contributed by atoms with E-state index in [0.29, 0.717) is 11.4 Å². The van der Waals surface area contributed by atoms with Crippen molar-refractivity contribution in [2.24, 2.45) is 7.05 Å². The van der Waals surface area contributed by atoms with Gasteiger partial charge in [0.05, 0.1) is 5.56 Å². The zero-order valence-corrected chi connectivity index (χ0v) is 7.18. The first kappa shape index (κ1) is 7.79. The summed E-state index contributed by atoms with van der Waals surface area (Å²) in [6.45, 7) is 0. The maximum Gasteiger partial charge on any atom is 0.167 e. The van der Waals surface area contributed by atoms with E-state index in [1.807, 2.05) is 13.1 Å². The quantitative estimate of drug-likeness (QED) is 0.708. The molecule has 0 aliphatic carbocycles. The van der Waals surface area contributed by atoms with E-state index >= 15 is 0 Å². The SMILES string of the molecule is Cn1cnnc1-c1ccccc1O. The van der Waals surface area contributed by atoms with Gasteiger partial charge in [-0.1, -0.05) is 12.1 Å². The first-order chi connectivity index (χ1) is 6.29. The number of phenols is 1. The van der Waals surface area contributed by atoms with Crippen molar-refractivity contribution in [1.29, 1.82) is 0 Å². The summed E-state index contributed by atoms with van der Waals surface area (Å²) in [5, 5.41) is 17.2. The number of hydrogen-bond donors (Lipinski definition) is 1. The lowest BCUT2D eigenvalue weighted by molar-refractivity contribution is 0.476. The molecule has 4 heteroatoms. The standard InChI is InChI=1S/C9H9N3O/c1-12-6-10-11-9(12)7-4-2-3-5-8(7)13/h2-6,13H,1H3. The molecule has 66 valence electrons. The summed E-state index contributed by atoms with van der Waals surface area (Å²) in [4.78, 5) is 0. The van der Waals surface area contributed by atoms with Crippen molar-refractivity contribution in [2.75, 3.05) is 0 Å². The molecule has 0 saturated heterocycles. The number of aryl methyl sites for hydroxylation is 1. The van der Waals surface area contributed by atoms with Gasteiger partial charge in [-0.3, -0.25) is 0 Å². The second-order valence-electron chi connectivity index (χ2n) is 2.78. The summed E-state index contributed by atoms with van der Waals surface area (Å²) in [6.07, 6.45) is 1.60. The molecule has 2 rings (SSSR count). The van der Waals surface area contributed by atoms with E-state index in [2.05, 4.69) is 10.2 Å². The lowest BCUT2D eigenvalue weighted by Crippen LogP contribution is -1.90. The highest BCUT2D eigenvalue weighted by Crippen LogP contribution is 2.25. The Morgan fingerprint density at radius 1 is 1.31 bits per heavy atom. The van der Waals surface area contributed by atoms with Crippen LogP contribution >= 0.6 is 0 Å². The van der Waals surface area contributed by atoms with Crippen LogP contribution < -0.4 is 0 Å². The predicted octanol–water partition coefficient (Wildman–Crippen LogP) is 1.19. The fourth-order valence-corrected chi connectivity index (χ4v) is 1.19. The summed E-state index contributed by atoms with van der Waals surface area (Å²) >= 11 is 0. The van der Waals surface area contributed by atoms with Gasteiger partial charge in [0.1, 0.15) is 12.1 Å². The van der Waals surface area contributed by atoms with Gasteiger partial charge in [0, 0.05) is 7.05 Å². The predicted molar refractivity (Wildman–Crippen MR) is 48.1 cm³/mol. The van der Waals surface area contributed by atoms with E-state index in [4.69, 9.17) is 0 Å². The second-order valence-corrected chi connectivity index (χ2v) is 2.78. The molecule has 0 aliphatic rings. The van der Waals surface area contributed by atoms with Crippen LogP contribution in [-0.2, 0) is 7.05 Å². The topological polar surface area (TPSA) is 50.9 Å². The van der Waals surface area contributed by atoms with E-state index in [1.54, 1.807) is 29.1 Å². The highest BCUT2D eigenvalue weighted by molar-refractivity contribution is 5.63. The minimum Gasteiger partial charge on any atom is -0.507 e. The molecule has 13 heavy (non-hydrogen) atoms. The number of aromatic hydroxyl groups is 1. The molecular formula is C9H9N3O. The van der Waals surface area contributed by atoms with Gasteiger partial charge in [-0.15, -0.1) is 10.2 Å². The first-order valence-corrected chi connectivity index (χ1v) is 3.91. The Morgan fingerprint density at radius 3 is 2.69 bits per heavy atom. The average Bonchev–Trinajstić information content (AvgIpc) is 2.52. The van der Waals surface area contributed by atoms with Gasteiger partial charge in [-0.2, -0.15) is 0 Å². The van der Waals surface area contributed by atoms with Crippen LogP contribution in [0, 0.1) is 0 Å². The van der Waals surface area contributed by atoms with Gasteiger partial charge in [-0.05, 0) is 12.1 Å². The minimum atomic E-state index is 0.221. The Bertz CT molecular complexity index is 422. The van der Waals surface area contributed by atoms with Crippen LogP contribution in [0.4, 0.5) is 0 Å². The summed E-state index contributed by atoms with van der Waals surface area (Å²) in [7, 11) is 1.84. The number of rotatable bonds is 1. The molecule has 1 N–H and O–H groups in total. The van der Waals surface area contributed by atoms with E-state index in [-0.39, 0.29) is 5.75 Å². The highest BCUT2D eigenvalue weighted by Gasteiger charge is 2.07. The number of aromatic nitrogens is 3. The molecule has 4 nitrogen and oxygen atoms in total. The lowest BCUT2D eigenvalue weighted by Gasteiger charge is -2.01. The van der Waals surface area contributed by atoms with Gasteiger partial charge in [0.2, 0.25) is 0 Å². The van der Waals surface area contributed by atoms with Crippen molar-refractivity contribution in [1.82, 2.24) is 14.8 Å². The van der Waals surface area contributed by atoms with Crippen LogP contribution in [0.2, 0.25) is 0 Å². The van der Waals surface area contributed by atoms with Crippen molar-refractivity contribution in [3.05, 3.63) is 30.6 Å². The molecular weight excluding hydrogens is 166 g/mol. The number of benzene rings is 1. The normalized spacial score (nSPS) is 10.2. The largest absolute Gasteiger partial charge is 0.507 e. The minimum absolute atomic E-state index is 0.221. The van der Waals surface area contributed by atoms with Crippen LogP contribution in [0.25, 0.3) is 11.4 Å². The van der Waals surface area contributed by atoms with E-state index in [9.17, 15) is 5.11 Å². The van der Waals surface area contributed by atoms with Gasteiger partial charge >= 0.3 is 0 Å². The molecule has 0 bridgehead atoms. The number of hydrogen-bond acceptors (Lipinski definition) is 3. The van der Waals surface area contributed by atoms with Gasteiger partial charge in [0.15, 0.2) is 5.82 Å². The molecule has 2 aromatic rings. The molecule has 1 aromatic heterocycles. The van der Waals surface area contributed by atoms with Gasteiger partial charge < -0.3 is 9.67 Å². The molecule has 0 radical (unpaired) electrons. The van der Waals surface area contributed by atoms with Crippen LogP contribution in [0.1, 0.15) is 0 Å². The maximum atomic E-state index is 9.53. The molecule has 1 aromatic carbocycles. The van der Waals surface area contributed by atoms with Crippen LogP contribution in [0.3, 0.4) is 0 Å². The highest BCUT2D eigenvalue weighted by atomic mass is 16.3. The molecule has 0 amide bonds. The number of nitrogens with zero attached hydrogens (tertiary/aromatic N) is 3. The molecule has 0 saturated carbocycles. The first-order valence-electron chi connectivity index (χ1n) is 3.91. The van der Waals surface area contributed by atoms with Crippen molar-refractivity contribution in [3.63, 3.8) is 0 Å². The van der Waals surface area contributed by atoms with Gasteiger partial charge in [-0.25, -0.2) is 0 Å². The van der Waals surface area contributed by atoms with Crippen LogP contribution in [0.15, 0.2) is 30.6 Å². The third-order valence-corrected chi connectivity index (χ3v) is 1.86. The smallest absolute Gasteiger partial charge is 0.167 e. The second kappa shape index (κ2) is 2.90. The third-order valence-electron chi connectivity index (χ3n) is 1.86. The molecule has 0 atom stereocenters. The Balaban J connectivity index is 2.59. The zero-order valence-electron chi connectivity index (χ0n) is 7.18.